The first-order chi connectivity index (χ1) is 14.2. The molecule has 0 aliphatic carbocycles. The minimum atomic E-state index is -0.212. The third-order valence-electron chi connectivity index (χ3n) is 4.89. The van der Waals surface area contributed by atoms with Gasteiger partial charge in [0, 0.05) is 11.7 Å². The summed E-state index contributed by atoms with van der Waals surface area (Å²) < 4.78 is 10.9. The van der Waals surface area contributed by atoms with E-state index in [2.05, 4.69) is 22.8 Å². The zero-order valence-corrected chi connectivity index (χ0v) is 16.4. The lowest BCUT2D eigenvalue weighted by Crippen LogP contribution is -2.40. The van der Waals surface area contributed by atoms with Gasteiger partial charge in [-0.25, -0.2) is 4.79 Å². The second kappa shape index (κ2) is 8.69. The molecule has 1 atom stereocenters. The summed E-state index contributed by atoms with van der Waals surface area (Å²) in [5.74, 6) is 1.52. The fraction of sp³-hybridized carbons (Fsp3) is 0.208. The van der Waals surface area contributed by atoms with Crippen LogP contribution in [0.25, 0.3) is 0 Å². The number of nitrogens with one attached hydrogen (secondary N) is 2. The molecule has 0 spiro atoms. The van der Waals surface area contributed by atoms with E-state index in [1.807, 2.05) is 67.6 Å². The van der Waals surface area contributed by atoms with Crippen molar-refractivity contribution < 1.29 is 14.3 Å². The molecule has 0 saturated heterocycles. The molecule has 148 valence electrons. The average molecular weight is 388 g/mol. The van der Waals surface area contributed by atoms with E-state index in [4.69, 9.17) is 9.47 Å². The van der Waals surface area contributed by atoms with Crippen LogP contribution >= 0.6 is 0 Å². The lowest BCUT2D eigenvalue weighted by Gasteiger charge is -2.20. The van der Waals surface area contributed by atoms with Gasteiger partial charge < -0.3 is 20.1 Å². The van der Waals surface area contributed by atoms with Gasteiger partial charge in [0.2, 0.25) is 6.79 Å². The second-order valence-electron chi connectivity index (χ2n) is 7.24. The van der Waals surface area contributed by atoms with Crippen molar-refractivity contribution in [2.45, 2.75) is 25.8 Å². The van der Waals surface area contributed by atoms with Crippen molar-refractivity contribution >= 4 is 11.7 Å². The van der Waals surface area contributed by atoms with Crippen LogP contribution in [-0.4, -0.2) is 18.9 Å². The molecule has 0 fully saturated rings. The molecular weight excluding hydrogens is 364 g/mol. The molecule has 3 aromatic carbocycles. The van der Waals surface area contributed by atoms with E-state index < -0.39 is 0 Å². The highest BCUT2D eigenvalue weighted by Crippen LogP contribution is 2.32. The molecule has 0 saturated carbocycles. The van der Waals surface area contributed by atoms with Gasteiger partial charge in [-0.1, -0.05) is 54.1 Å². The monoisotopic (exact) mass is 388 g/mol. The number of aryl methyl sites for hydroxylation is 1. The summed E-state index contributed by atoms with van der Waals surface area (Å²) in [6.07, 6.45) is 1.42. The normalized spacial score (nSPS) is 13.0. The van der Waals surface area contributed by atoms with Crippen molar-refractivity contribution in [2.75, 3.05) is 12.1 Å². The number of carbonyl (C=O) groups excluding carboxylic acids is 1. The molecule has 5 heteroatoms. The number of rotatable bonds is 6. The number of urea groups is 1. The number of fused-ring (bicyclic) bond motifs is 1. The summed E-state index contributed by atoms with van der Waals surface area (Å²) in [6, 6.07) is 23.6. The van der Waals surface area contributed by atoms with Crippen molar-refractivity contribution in [3.63, 3.8) is 0 Å². The van der Waals surface area contributed by atoms with E-state index in [-0.39, 0.29) is 18.9 Å². The Kier molecular flexibility index (Phi) is 5.66. The molecule has 1 heterocycles. The third kappa shape index (κ3) is 5.08. The number of anilines is 1. The SMILES string of the molecule is Cc1ccc(NC(=O)N[C@@H](Cc2ccccc2)Cc2ccc3c(c2)OCO3)cc1. The van der Waals surface area contributed by atoms with Crippen molar-refractivity contribution in [1.82, 2.24) is 5.32 Å². The number of carbonyl (C=O) groups is 1. The summed E-state index contributed by atoms with van der Waals surface area (Å²) in [5.41, 5.74) is 4.19. The Balaban J connectivity index is 1.47. The largest absolute Gasteiger partial charge is 0.454 e. The van der Waals surface area contributed by atoms with Crippen LogP contribution in [0.15, 0.2) is 72.8 Å². The molecule has 1 aliphatic heterocycles. The van der Waals surface area contributed by atoms with E-state index in [0.717, 1.165) is 34.7 Å². The van der Waals surface area contributed by atoms with Crippen LogP contribution in [0.3, 0.4) is 0 Å². The molecule has 2 amide bonds. The van der Waals surface area contributed by atoms with Crippen LogP contribution in [0.2, 0.25) is 0 Å². The van der Waals surface area contributed by atoms with Gasteiger partial charge in [0.05, 0.1) is 0 Å². The number of amides is 2. The zero-order chi connectivity index (χ0) is 20.1. The van der Waals surface area contributed by atoms with E-state index in [9.17, 15) is 4.79 Å². The van der Waals surface area contributed by atoms with E-state index in [1.54, 1.807) is 0 Å². The van der Waals surface area contributed by atoms with Gasteiger partial charge in [0.15, 0.2) is 11.5 Å². The Morgan fingerprint density at radius 3 is 2.41 bits per heavy atom. The number of hydrogen-bond acceptors (Lipinski definition) is 3. The Bertz CT molecular complexity index is 971. The first-order valence-corrected chi connectivity index (χ1v) is 9.72. The molecule has 0 unspecified atom stereocenters. The summed E-state index contributed by atoms with van der Waals surface area (Å²) in [7, 11) is 0. The Labute approximate surface area is 170 Å². The Hall–Kier alpha value is -3.47. The molecule has 0 bridgehead atoms. The molecule has 2 N–H and O–H groups in total. The maximum Gasteiger partial charge on any atom is 0.319 e. The summed E-state index contributed by atoms with van der Waals surface area (Å²) in [4.78, 5) is 12.6. The molecule has 4 rings (SSSR count). The van der Waals surface area contributed by atoms with Crippen LogP contribution in [0, 0.1) is 6.92 Å². The van der Waals surface area contributed by atoms with Crippen LogP contribution in [0.1, 0.15) is 16.7 Å². The second-order valence-corrected chi connectivity index (χ2v) is 7.24. The first-order valence-electron chi connectivity index (χ1n) is 9.72. The van der Waals surface area contributed by atoms with Crippen LogP contribution in [0.5, 0.6) is 11.5 Å². The molecule has 3 aromatic rings. The fourth-order valence-corrected chi connectivity index (χ4v) is 3.41. The van der Waals surface area contributed by atoms with Crippen LogP contribution in [-0.2, 0) is 12.8 Å². The summed E-state index contributed by atoms with van der Waals surface area (Å²) >= 11 is 0. The maximum absolute atomic E-state index is 12.6. The smallest absolute Gasteiger partial charge is 0.319 e. The van der Waals surface area contributed by atoms with Crippen LogP contribution < -0.4 is 20.1 Å². The lowest BCUT2D eigenvalue weighted by molar-refractivity contribution is 0.174. The average Bonchev–Trinajstić information content (AvgIpc) is 3.18. The Morgan fingerprint density at radius 2 is 1.62 bits per heavy atom. The molecular formula is C24H24N2O3. The van der Waals surface area contributed by atoms with Crippen molar-refractivity contribution in [3.05, 3.63) is 89.5 Å². The highest BCUT2D eigenvalue weighted by atomic mass is 16.7. The molecule has 1 aliphatic rings. The molecule has 0 aromatic heterocycles. The van der Waals surface area contributed by atoms with Crippen LogP contribution in [0.4, 0.5) is 10.5 Å². The predicted molar refractivity (Wildman–Crippen MR) is 114 cm³/mol. The van der Waals surface area contributed by atoms with Crippen molar-refractivity contribution in [2.24, 2.45) is 0 Å². The van der Waals surface area contributed by atoms with Gasteiger partial charge in [-0.2, -0.15) is 0 Å². The zero-order valence-electron chi connectivity index (χ0n) is 16.4. The topological polar surface area (TPSA) is 59.6 Å². The Morgan fingerprint density at radius 1 is 0.897 bits per heavy atom. The number of hydrogen-bond donors (Lipinski definition) is 2. The lowest BCUT2D eigenvalue weighted by atomic mass is 9.98. The van der Waals surface area contributed by atoms with E-state index in [0.29, 0.717) is 6.42 Å². The fourth-order valence-electron chi connectivity index (χ4n) is 3.41. The highest BCUT2D eigenvalue weighted by molar-refractivity contribution is 5.89. The number of benzene rings is 3. The molecule has 5 nitrogen and oxygen atoms in total. The molecule has 29 heavy (non-hydrogen) atoms. The third-order valence-corrected chi connectivity index (χ3v) is 4.89. The summed E-state index contributed by atoms with van der Waals surface area (Å²) in [5, 5.41) is 6.04. The number of ether oxygens (including phenoxy) is 2. The van der Waals surface area contributed by atoms with Gasteiger partial charge >= 0.3 is 6.03 Å². The van der Waals surface area contributed by atoms with E-state index in [1.165, 1.54) is 5.56 Å². The predicted octanol–water partition coefficient (Wildman–Crippen LogP) is 4.70. The van der Waals surface area contributed by atoms with Crippen molar-refractivity contribution in [3.8, 4) is 11.5 Å². The standard InChI is InChI=1S/C24H24N2O3/c1-17-7-10-20(11-8-17)25-24(27)26-21(13-18-5-3-2-4-6-18)14-19-9-12-22-23(15-19)29-16-28-22/h2-12,15,21H,13-14,16H2,1H3,(H2,25,26,27)/t21-/m0/s1. The van der Waals surface area contributed by atoms with E-state index >= 15 is 0 Å². The minimum absolute atomic E-state index is 0.0665. The highest BCUT2D eigenvalue weighted by Gasteiger charge is 2.18. The first kappa shape index (κ1) is 18.9. The minimum Gasteiger partial charge on any atom is -0.454 e. The quantitative estimate of drug-likeness (QED) is 0.644. The van der Waals surface area contributed by atoms with Gasteiger partial charge in [-0.3, -0.25) is 0 Å². The van der Waals surface area contributed by atoms with Gasteiger partial charge in [0.1, 0.15) is 0 Å². The van der Waals surface area contributed by atoms with Gasteiger partial charge in [0.25, 0.3) is 0 Å². The van der Waals surface area contributed by atoms with Gasteiger partial charge in [-0.05, 0) is 55.2 Å². The van der Waals surface area contributed by atoms with Crippen molar-refractivity contribution in [1.29, 1.82) is 0 Å². The molecule has 0 radical (unpaired) electrons. The summed E-state index contributed by atoms with van der Waals surface area (Å²) in [6.45, 7) is 2.27. The van der Waals surface area contributed by atoms with Gasteiger partial charge in [-0.15, -0.1) is 0 Å². The maximum atomic E-state index is 12.6.